The molecule has 0 fully saturated rings. The van der Waals surface area contributed by atoms with Crippen molar-refractivity contribution in [1.82, 2.24) is 5.32 Å². The summed E-state index contributed by atoms with van der Waals surface area (Å²) in [5.74, 6) is 0. The molecule has 0 amide bonds. The molecule has 0 aliphatic carbocycles. The highest BCUT2D eigenvalue weighted by atomic mass is 14.9. The smallest absolute Gasteiger partial charge is 0.0543 e. The number of likely N-dealkylation sites (N-methyl/N-ethyl adjacent to an activating group) is 1. The summed E-state index contributed by atoms with van der Waals surface area (Å²) in [4.78, 5) is 0. The van der Waals surface area contributed by atoms with Gasteiger partial charge in [0.1, 0.15) is 0 Å². The molecule has 0 aromatic heterocycles. The average Bonchev–Trinajstić information content (AvgIpc) is 2.10. The molecule has 12 heavy (non-hydrogen) atoms. The first-order valence-corrected chi connectivity index (χ1v) is 4.21. The van der Waals surface area contributed by atoms with Crippen LogP contribution in [0, 0.1) is 0 Å². The Hall–Kier alpha value is -1.18. The summed E-state index contributed by atoms with van der Waals surface area (Å²) in [6.07, 6.45) is 8.17. The highest BCUT2D eigenvalue weighted by Gasteiger charge is 1.89. The lowest BCUT2D eigenvalue weighted by Crippen LogP contribution is -2.12. The Labute approximate surface area is 74.8 Å². The van der Waals surface area contributed by atoms with E-state index in [0.717, 1.165) is 18.5 Å². The Balaban J connectivity index is 3.91. The third kappa shape index (κ3) is 4.61. The zero-order valence-corrected chi connectivity index (χ0v) is 7.93. The summed E-state index contributed by atoms with van der Waals surface area (Å²) in [5.41, 5.74) is 7.10. The van der Waals surface area contributed by atoms with Gasteiger partial charge < -0.3 is 11.1 Å². The summed E-state index contributed by atoms with van der Waals surface area (Å²) < 4.78 is 0. The number of hydrogen-bond donors (Lipinski definition) is 2. The summed E-state index contributed by atoms with van der Waals surface area (Å²) in [7, 11) is 1.80. The fraction of sp³-hybridized carbons (Fsp3) is 0.400. The van der Waals surface area contributed by atoms with E-state index in [2.05, 4.69) is 24.9 Å². The van der Waals surface area contributed by atoms with Crippen LogP contribution in [0.25, 0.3) is 0 Å². The first-order chi connectivity index (χ1) is 5.72. The van der Waals surface area contributed by atoms with Crippen LogP contribution in [0.15, 0.2) is 36.2 Å². The molecule has 0 bridgehead atoms. The highest BCUT2D eigenvalue weighted by molar-refractivity contribution is 5.26. The van der Waals surface area contributed by atoms with Crippen molar-refractivity contribution in [1.29, 1.82) is 0 Å². The predicted octanol–water partition coefficient (Wildman–Crippen LogP) is 1.92. The lowest BCUT2D eigenvalue weighted by atomic mass is 10.3. The molecule has 2 heteroatoms. The normalized spacial score (nSPS) is 12.0. The molecule has 0 unspecified atom stereocenters. The zero-order valence-electron chi connectivity index (χ0n) is 7.93. The van der Waals surface area contributed by atoms with Crippen molar-refractivity contribution in [2.45, 2.75) is 19.8 Å². The summed E-state index contributed by atoms with van der Waals surface area (Å²) in [6, 6.07) is 0. The Bertz CT molecular complexity index is 190. The molecule has 0 spiro atoms. The molecule has 2 nitrogen and oxygen atoms in total. The van der Waals surface area contributed by atoms with Crippen molar-refractivity contribution < 1.29 is 0 Å². The van der Waals surface area contributed by atoms with E-state index >= 15 is 0 Å². The fourth-order valence-electron chi connectivity index (χ4n) is 0.680. The van der Waals surface area contributed by atoms with Gasteiger partial charge >= 0.3 is 0 Å². The van der Waals surface area contributed by atoms with Gasteiger partial charge in [-0.25, -0.2) is 0 Å². The Morgan fingerprint density at radius 1 is 1.58 bits per heavy atom. The Kier molecular flexibility index (Phi) is 5.88. The van der Waals surface area contributed by atoms with Gasteiger partial charge in [0.2, 0.25) is 0 Å². The van der Waals surface area contributed by atoms with Gasteiger partial charge in [-0.05, 0) is 12.5 Å². The number of hydrogen-bond acceptors (Lipinski definition) is 2. The van der Waals surface area contributed by atoms with E-state index in [-0.39, 0.29) is 0 Å². The standard InChI is InChI=1S/C10H18N2/c1-4-5-6-7-8-10(11)9(2)12-3/h6-8,12H,2,4-5,11H2,1,3H3/b7-6?,10-8+. The molecule has 0 aliphatic heterocycles. The molecule has 0 atom stereocenters. The summed E-state index contributed by atoms with van der Waals surface area (Å²) in [5, 5.41) is 2.88. The first kappa shape index (κ1) is 10.8. The molecule has 3 N–H and O–H groups in total. The van der Waals surface area contributed by atoms with Crippen LogP contribution >= 0.6 is 0 Å². The van der Waals surface area contributed by atoms with Crippen molar-refractivity contribution in [2.24, 2.45) is 5.73 Å². The van der Waals surface area contributed by atoms with Crippen LogP contribution in [0.4, 0.5) is 0 Å². The number of allylic oxidation sites excluding steroid dienone is 3. The summed E-state index contributed by atoms with van der Waals surface area (Å²) in [6.45, 7) is 5.88. The van der Waals surface area contributed by atoms with Crippen LogP contribution in [0.5, 0.6) is 0 Å². The lowest BCUT2D eigenvalue weighted by molar-refractivity contribution is 0.958. The maximum atomic E-state index is 5.66. The third-order valence-corrected chi connectivity index (χ3v) is 1.52. The molecule has 0 rings (SSSR count). The van der Waals surface area contributed by atoms with Gasteiger partial charge in [0, 0.05) is 12.7 Å². The number of unbranched alkanes of at least 4 members (excludes halogenated alkanes) is 1. The molecule has 0 saturated carbocycles. The predicted molar refractivity (Wildman–Crippen MR) is 54.5 cm³/mol. The second kappa shape index (κ2) is 6.53. The highest BCUT2D eigenvalue weighted by Crippen LogP contribution is 1.96. The van der Waals surface area contributed by atoms with Gasteiger partial charge in [-0.3, -0.25) is 0 Å². The van der Waals surface area contributed by atoms with Crippen LogP contribution in [-0.2, 0) is 0 Å². The maximum Gasteiger partial charge on any atom is 0.0543 e. The fourth-order valence-corrected chi connectivity index (χ4v) is 0.680. The number of nitrogens with two attached hydrogens (primary N) is 1. The van der Waals surface area contributed by atoms with Gasteiger partial charge in [-0.1, -0.05) is 32.1 Å². The van der Waals surface area contributed by atoms with E-state index in [1.54, 1.807) is 7.05 Å². The number of nitrogens with one attached hydrogen (secondary N) is 1. The summed E-state index contributed by atoms with van der Waals surface area (Å²) >= 11 is 0. The van der Waals surface area contributed by atoms with Gasteiger partial charge in [0.05, 0.1) is 5.70 Å². The molecular formula is C10H18N2. The second-order valence-electron chi connectivity index (χ2n) is 2.57. The molecule has 68 valence electrons. The quantitative estimate of drug-likeness (QED) is 0.612. The van der Waals surface area contributed by atoms with E-state index < -0.39 is 0 Å². The van der Waals surface area contributed by atoms with Crippen molar-refractivity contribution in [2.75, 3.05) is 7.05 Å². The monoisotopic (exact) mass is 166 g/mol. The van der Waals surface area contributed by atoms with Crippen molar-refractivity contribution >= 4 is 0 Å². The van der Waals surface area contributed by atoms with Crippen molar-refractivity contribution in [3.05, 3.63) is 36.2 Å². The van der Waals surface area contributed by atoms with Crippen LogP contribution in [0.1, 0.15) is 19.8 Å². The van der Waals surface area contributed by atoms with Crippen LogP contribution < -0.4 is 11.1 Å². The van der Waals surface area contributed by atoms with Crippen molar-refractivity contribution in [3.63, 3.8) is 0 Å². The maximum absolute atomic E-state index is 5.66. The van der Waals surface area contributed by atoms with E-state index in [0.29, 0.717) is 5.70 Å². The van der Waals surface area contributed by atoms with Crippen LogP contribution in [0.3, 0.4) is 0 Å². The lowest BCUT2D eigenvalue weighted by Gasteiger charge is -2.02. The van der Waals surface area contributed by atoms with Crippen molar-refractivity contribution in [3.8, 4) is 0 Å². The molecule has 0 aromatic rings. The minimum atomic E-state index is 0.685. The topological polar surface area (TPSA) is 38.0 Å². The molecular weight excluding hydrogens is 148 g/mol. The SMILES string of the molecule is C=C(NC)/C(N)=C\C=CCCC. The largest absolute Gasteiger partial charge is 0.397 e. The van der Waals surface area contributed by atoms with Crippen LogP contribution in [0.2, 0.25) is 0 Å². The zero-order chi connectivity index (χ0) is 9.40. The van der Waals surface area contributed by atoms with Gasteiger partial charge in [0.15, 0.2) is 0 Å². The Morgan fingerprint density at radius 3 is 2.75 bits per heavy atom. The first-order valence-electron chi connectivity index (χ1n) is 4.21. The van der Waals surface area contributed by atoms with E-state index in [9.17, 15) is 0 Å². The third-order valence-electron chi connectivity index (χ3n) is 1.52. The Morgan fingerprint density at radius 2 is 2.25 bits per heavy atom. The van der Waals surface area contributed by atoms with Gasteiger partial charge in [-0.2, -0.15) is 0 Å². The average molecular weight is 166 g/mol. The van der Waals surface area contributed by atoms with E-state index in [1.165, 1.54) is 0 Å². The minimum Gasteiger partial charge on any atom is -0.397 e. The van der Waals surface area contributed by atoms with Gasteiger partial charge in [-0.15, -0.1) is 0 Å². The minimum absolute atomic E-state index is 0.685. The molecule has 0 radical (unpaired) electrons. The molecule has 0 saturated heterocycles. The number of rotatable bonds is 5. The van der Waals surface area contributed by atoms with E-state index in [1.807, 2.05) is 12.2 Å². The molecule has 0 aliphatic rings. The van der Waals surface area contributed by atoms with E-state index in [4.69, 9.17) is 5.73 Å². The van der Waals surface area contributed by atoms with Crippen LogP contribution in [-0.4, -0.2) is 7.05 Å². The molecule has 0 heterocycles. The second-order valence-corrected chi connectivity index (χ2v) is 2.57. The van der Waals surface area contributed by atoms with Gasteiger partial charge in [0.25, 0.3) is 0 Å². The molecule has 0 aromatic carbocycles.